The van der Waals surface area contributed by atoms with Crippen molar-refractivity contribution in [2.75, 3.05) is 62.2 Å². The number of piperazine rings is 2. The van der Waals surface area contributed by atoms with Crippen LogP contribution in [-0.4, -0.2) is 83.9 Å². The van der Waals surface area contributed by atoms with Gasteiger partial charge in [0.15, 0.2) is 5.82 Å². The third kappa shape index (κ3) is 3.95. The Labute approximate surface area is 152 Å². The molecule has 0 aromatic carbocycles. The molecule has 2 fully saturated rings. The first kappa shape index (κ1) is 17.7. The third-order valence-corrected chi connectivity index (χ3v) is 5.01. The van der Waals surface area contributed by atoms with E-state index in [0.29, 0.717) is 69.1 Å². The van der Waals surface area contributed by atoms with Crippen LogP contribution < -0.4 is 9.80 Å². The van der Waals surface area contributed by atoms with Crippen molar-refractivity contribution in [3.05, 3.63) is 11.2 Å². The molecule has 2 aliphatic heterocycles. The van der Waals surface area contributed by atoms with E-state index in [2.05, 4.69) is 19.8 Å². The Hall–Kier alpha value is -2.09. The highest BCUT2D eigenvalue weighted by atomic mass is 35.5. The highest BCUT2D eigenvalue weighted by Gasteiger charge is 2.24. The van der Waals surface area contributed by atoms with Crippen molar-refractivity contribution >= 4 is 35.2 Å². The zero-order chi connectivity index (χ0) is 18.0. The van der Waals surface area contributed by atoms with Crippen LogP contribution in [0.5, 0.6) is 0 Å². The van der Waals surface area contributed by atoms with Gasteiger partial charge in [-0.2, -0.15) is 4.98 Å². The number of anilines is 2. The van der Waals surface area contributed by atoms with Crippen LogP contribution in [0.2, 0.25) is 5.02 Å². The van der Waals surface area contributed by atoms with E-state index in [-0.39, 0.29) is 11.8 Å². The highest BCUT2D eigenvalue weighted by molar-refractivity contribution is 6.32. The van der Waals surface area contributed by atoms with Gasteiger partial charge in [-0.1, -0.05) is 11.6 Å². The van der Waals surface area contributed by atoms with Crippen molar-refractivity contribution in [1.29, 1.82) is 0 Å². The van der Waals surface area contributed by atoms with E-state index in [0.717, 1.165) is 0 Å². The van der Waals surface area contributed by atoms with Gasteiger partial charge in [0.25, 0.3) is 0 Å². The second-order valence-corrected chi connectivity index (χ2v) is 6.73. The van der Waals surface area contributed by atoms with Crippen LogP contribution >= 0.6 is 11.6 Å². The summed E-state index contributed by atoms with van der Waals surface area (Å²) in [5.74, 6) is 1.54. The molecule has 0 aliphatic carbocycles. The second kappa shape index (κ2) is 7.43. The Morgan fingerprint density at radius 1 is 0.880 bits per heavy atom. The molecule has 2 aliphatic rings. The lowest BCUT2D eigenvalue weighted by atomic mass is 10.3. The van der Waals surface area contributed by atoms with Gasteiger partial charge in [-0.05, 0) is 0 Å². The summed E-state index contributed by atoms with van der Waals surface area (Å²) in [4.78, 5) is 39.8. The molecule has 0 spiro atoms. The molecule has 0 unspecified atom stereocenters. The maximum Gasteiger partial charge on any atom is 0.227 e. The first-order chi connectivity index (χ1) is 12.0. The second-order valence-electron chi connectivity index (χ2n) is 6.33. The number of rotatable bonds is 2. The molecule has 1 aromatic heterocycles. The van der Waals surface area contributed by atoms with Gasteiger partial charge in [-0.3, -0.25) is 9.59 Å². The van der Waals surface area contributed by atoms with Crippen LogP contribution in [0, 0.1) is 0 Å². The highest BCUT2D eigenvalue weighted by Crippen LogP contribution is 2.26. The van der Waals surface area contributed by atoms with Gasteiger partial charge >= 0.3 is 0 Å². The molecule has 0 radical (unpaired) electrons. The summed E-state index contributed by atoms with van der Waals surface area (Å²) in [6, 6.07) is 0. The average molecular weight is 367 g/mol. The van der Waals surface area contributed by atoms with Crippen molar-refractivity contribution < 1.29 is 9.59 Å². The van der Waals surface area contributed by atoms with Gasteiger partial charge in [0.05, 0.1) is 6.20 Å². The van der Waals surface area contributed by atoms with Gasteiger partial charge in [0.2, 0.25) is 17.8 Å². The van der Waals surface area contributed by atoms with Crippen LogP contribution in [0.25, 0.3) is 0 Å². The molecule has 0 saturated carbocycles. The molecule has 8 nitrogen and oxygen atoms in total. The first-order valence-electron chi connectivity index (χ1n) is 8.49. The predicted molar refractivity (Wildman–Crippen MR) is 96.0 cm³/mol. The quantitative estimate of drug-likeness (QED) is 0.757. The van der Waals surface area contributed by atoms with Gasteiger partial charge < -0.3 is 19.6 Å². The molecule has 0 bridgehead atoms. The van der Waals surface area contributed by atoms with E-state index in [9.17, 15) is 9.59 Å². The number of hydrogen-bond donors (Lipinski definition) is 0. The van der Waals surface area contributed by atoms with E-state index in [1.807, 2.05) is 9.80 Å². The normalized spacial score (nSPS) is 18.5. The van der Waals surface area contributed by atoms with E-state index in [1.165, 1.54) is 0 Å². The number of amides is 2. The summed E-state index contributed by atoms with van der Waals surface area (Å²) >= 11 is 6.31. The molecule has 2 amide bonds. The number of carbonyl (C=O) groups is 2. The van der Waals surface area contributed by atoms with Crippen LogP contribution in [0.15, 0.2) is 6.20 Å². The summed E-state index contributed by atoms with van der Waals surface area (Å²) in [5, 5.41) is 0.516. The number of nitrogens with zero attached hydrogens (tertiary/aromatic N) is 6. The van der Waals surface area contributed by atoms with E-state index in [4.69, 9.17) is 11.6 Å². The van der Waals surface area contributed by atoms with E-state index < -0.39 is 0 Å². The molecule has 1 aromatic rings. The van der Waals surface area contributed by atoms with Crippen molar-refractivity contribution in [3.8, 4) is 0 Å². The topological polar surface area (TPSA) is 72.9 Å². The summed E-state index contributed by atoms with van der Waals surface area (Å²) in [5.41, 5.74) is 0. The largest absolute Gasteiger partial charge is 0.352 e. The van der Waals surface area contributed by atoms with Gasteiger partial charge in [0, 0.05) is 66.2 Å². The zero-order valence-electron chi connectivity index (χ0n) is 14.6. The van der Waals surface area contributed by atoms with Crippen molar-refractivity contribution in [2.45, 2.75) is 13.8 Å². The minimum absolute atomic E-state index is 0.0949. The molecule has 25 heavy (non-hydrogen) atoms. The van der Waals surface area contributed by atoms with Gasteiger partial charge in [-0.15, -0.1) is 0 Å². The maximum atomic E-state index is 11.5. The van der Waals surface area contributed by atoms with Crippen LogP contribution in [0.1, 0.15) is 13.8 Å². The molecule has 0 N–H and O–H groups in total. The number of halogens is 1. The fraction of sp³-hybridized carbons (Fsp3) is 0.625. The molecule has 136 valence electrons. The van der Waals surface area contributed by atoms with E-state index >= 15 is 0 Å². The first-order valence-corrected chi connectivity index (χ1v) is 8.87. The number of hydrogen-bond acceptors (Lipinski definition) is 6. The third-order valence-electron chi connectivity index (χ3n) is 4.75. The zero-order valence-corrected chi connectivity index (χ0v) is 15.4. The Balaban J connectivity index is 1.69. The van der Waals surface area contributed by atoms with Crippen molar-refractivity contribution in [2.24, 2.45) is 0 Å². The van der Waals surface area contributed by atoms with Gasteiger partial charge in [0.1, 0.15) is 5.02 Å². The SMILES string of the molecule is CC(=O)N1CCN(c2ncc(Cl)c(N3CCN(C(C)=O)CC3)n2)CC1. The minimum Gasteiger partial charge on any atom is -0.352 e. The Bertz CT molecular complexity index is 654. The Morgan fingerprint density at radius 2 is 1.36 bits per heavy atom. The summed E-state index contributed by atoms with van der Waals surface area (Å²) in [6.45, 7) is 8.69. The molecule has 9 heteroatoms. The molecule has 2 saturated heterocycles. The van der Waals surface area contributed by atoms with Crippen molar-refractivity contribution in [3.63, 3.8) is 0 Å². The Morgan fingerprint density at radius 3 is 1.84 bits per heavy atom. The minimum atomic E-state index is 0.0949. The lowest BCUT2D eigenvalue weighted by Gasteiger charge is -2.36. The maximum absolute atomic E-state index is 11.5. The van der Waals surface area contributed by atoms with Crippen LogP contribution in [0.4, 0.5) is 11.8 Å². The molecule has 3 heterocycles. The summed E-state index contributed by atoms with van der Waals surface area (Å²) in [6.07, 6.45) is 1.63. The molecule has 3 rings (SSSR count). The number of carbonyl (C=O) groups excluding carboxylic acids is 2. The predicted octanol–water partition coefficient (Wildman–Crippen LogP) is 0.467. The molecule has 0 atom stereocenters. The average Bonchev–Trinajstić information content (AvgIpc) is 2.62. The summed E-state index contributed by atoms with van der Waals surface area (Å²) < 4.78 is 0. The fourth-order valence-corrected chi connectivity index (χ4v) is 3.39. The van der Waals surface area contributed by atoms with E-state index in [1.54, 1.807) is 20.0 Å². The Kier molecular flexibility index (Phi) is 5.27. The fourth-order valence-electron chi connectivity index (χ4n) is 3.18. The molecular formula is C16H23ClN6O2. The summed E-state index contributed by atoms with van der Waals surface area (Å²) in [7, 11) is 0. The molecular weight excluding hydrogens is 344 g/mol. The lowest BCUT2D eigenvalue weighted by molar-refractivity contribution is -0.129. The van der Waals surface area contributed by atoms with Crippen molar-refractivity contribution in [1.82, 2.24) is 19.8 Å². The van der Waals surface area contributed by atoms with Crippen LogP contribution in [-0.2, 0) is 9.59 Å². The smallest absolute Gasteiger partial charge is 0.227 e. The standard InChI is InChI=1S/C16H23ClN6O2/c1-12(24)20-3-7-22(8-4-20)15-14(17)11-18-16(19-15)23-9-5-21(6-10-23)13(2)25/h11H,3-10H2,1-2H3. The van der Waals surface area contributed by atoms with Gasteiger partial charge in [-0.25, -0.2) is 4.98 Å². The lowest BCUT2D eigenvalue weighted by Crippen LogP contribution is -2.49. The van der Waals surface area contributed by atoms with Crippen LogP contribution in [0.3, 0.4) is 0 Å². The number of aromatic nitrogens is 2. The monoisotopic (exact) mass is 366 g/mol.